The van der Waals surface area contributed by atoms with Gasteiger partial charge in [-0.2, -0.15) is 0 Å². The number of guanidine groups is 1. The highest BCUT2D eigenvalue weighted by atomic mass is 127. The lowest BCUT2D eigenvalue weighted by Crippen LogP contribution is -2.38. The molecule has 0 aliphatic rings. The van der Waals surface area contributed by atoms with Crippen LogP contribution in [0.2, 0.25) is 0 Å². The first-order valence-corrected chi connectivity index (χ1v) is 11.1. The molecule has 2 rings (SSSR count). The van der Waals surface area contributed by atoms with Crippen LogP contribution in [0.5, 0.6) is 11.5 Å². The number of halogens is 1. The Hall–Kier alpha value is -2.07. The molecule has 0 unspecified atom stereocenters. The van der Waals surface area contributed by atoms with Crippen LogP contribution in [0.4, 0.5) is 0 Å². The zero-order valence-electron chi connectivity index (χ0n) is 19.8. The van der Waals surface area contributed by atoms with Gasteiger partial charge in [0.05, 0.1) is 13.7 Å². The molecule has 1 heterocycles. The Bertz CT molecular complexity index is 785. The molecule has 0 saturated heterocycles. The Morgan fingerprint density at radius 3 is 2.53 bits per heavy atom. The molecule has 1 aromatic heterocycles. The summed E-state index contributed by atoms with van der Waals surface area (Å²) in [6.45, 7) is 12.1. The predicted molar refractivity (Wildman–Crippen MR) is 142 cm³/mol. The zero-order valence-corrected chi connectivity index (χ0v) is 22.1. The maximum Gasteiger partial charge on any atom is 0.191 e. The quantitative estimate of drug-likeness (QED) is 0.223. The van der Waals surface area contributed by atoms with E-state index in [1.807, 2.05) is 42.6 Å². The van der Waals surface area contributed by atoms with Crippen molar-refractivity contribution < 1.29 is 9.47 Å². The summed E-state index contributed by atoms with van der Waals surface area (Å²) < 4.78 is 11.5. The van der Waals surface area contributed by atoms with E-state index in [9.17, 15) is 0 Å². The molecule has 0 amide bonds. The average molecular weight is 556 g/mol. The van der Waals surface area contributed by atoms with Gasteiger partial charge in [-0.15, -0.1) is 24.0 Å². The van der Waals surface area contributed by atoms with E-state index in [4.69, 9.17) is 14.5 Å². The Morgan fingerprint density at radius 2 is 1.88 bits per heavy atom. The highest BCUT2D eigenvalue weighted by Gasteiger charge is 2.07. The number of methoxy groups -OCH3 is 1. The molecule has 8 heteroatoms. The van der Waals surface area contributed by atoms with E-state index in [2.05, 4.69) is 41.3 Å². The molecule has 1 aromatic carbocycles. The summed E-state index contributed by atoms with van der Waals surface area (Å²) in [5.74, 6) is 2.29. The van der Waals surface area contributed by atoms with Crippen LogP contribution < -0.4 is 20.1 Å². The van der Waals surface area contributed by atoms with E-state index in [1.54, 1.807) is 7.11 Å². The minimum Gasteiger partial charge on any atom is -0.493 e. The lowest BCUT2D eigenvalue weighted by atomic mass is 10.2. The third-order valence-corrected chi connectivity index (χ3v) is 4.95. The summed E-state index contributed by atoms with van der Waals surface area (Å²) in [7, 11) is 1.67. The fourth-order valence-electron chi connectivity index (χ4n) is 3.12. The van der Waals surface area contributed by atoms with E-state index in [0.717, 1.165) is 67.9 Å². The average Bonchev–Trinajstić information content (AvgIpc) is 2.81. The number of nitrogens with one attached hydrogen (secondary N) is 2. The van der Waals surface area contributed by atoms with Gasteiger partial charge in [-0.25, -0.2) is 4.99 Å². The van der Waals surface area contributed by atoms with Crippen LogP contribution in [0.25, 0.3) is 0 Å². The number of nitrogens with zero attached hydrogens (tertiary/aromatic N) is 3. The molecule has 0 spiro atoms. The van der Waals surface area contributed by atoms with Crippen molar-refractivity contribution in [1.82, 2.24) is 20.5 Å². The van der Waals surface area contributed by atoms with Gasteiger partial charge in [-0.05, 0) is 49.8 Å². The monoisotopic (exact) mass is 555 g/mol. The summed E-state index contributed by atoms with van der Waals surface area (Å²) in [5, 5.41) is 6.65. The SMILES string of the molecule is CCNC(=NCc1ccc(OCCN(CC)CC)c(OC)c1)NCCc1ccccn1.I. The van der Waals surface area contributed by atoms with Crippen LogP contribution in [0.3, 0.4) is 0 Å². The summed E-state index contributed by atoms with van der Waals surface area (Å²) in [6.07, 6.45) is 2.66. The van der Waals surface area contributed by atoms with Crippen LogP contribution in [-0.2, 0) is 13.0 Å². The molecule has 2 aromatic rings. The summed E-state index contributed by atoms with van der Waals surface area (Å²) in [5.41, 5.74) is 2.13. The molecule has 0 saturated carbocycles. The summed E-state index contributed by atoms with van der Waals surface area (Å²) in [4.78, 5) is 11.4. The molecular weight excluding hydrogens is 517 g/mol. The van der Waals surface area contributed by atoms with Crippen molar-refractivity contribution in [3.8, 4) is 11.5 Å². The fourth-order valence-corrected chi connectivity index (χ4v) is 3.12. The van der Waals surface area contributed by atoms with Crippen LogP contribution in [0, 0.1) is 0 Å². The molecule has 0 atom stereocenters. The van der Waals surface area contributed by atoms with Gasteiger partial charge >= 0.3 is 0 Å². The molecule has 7 nitrogen and oxygen atoms in total. The minimum atomic E-state index is 0. The second-order valence-corrected chi connectivity index (χ2v) is 7.05. The van der Waals surface area contributed by atoms with Crippen molar-refractivity contribution in [2.24, 2.45) is 4.99 Å². The van der Waals surface area contributed by atoms with Gasteiger partial charge < -0.3 is 25.0 Å². The van der Waals surface area contributed by atoms with Gasteiger partial charge in [0, 0.05) is 37.9 Å². The van der Waals surface area contributed by atoms with Crippen molar-refractivity contribution in [3.63, 3.8) is 0 Å². The first-order chi connectivity index (χ1) is 15.2. The topological polar surface area (TPSA) is 71.0 Å². The van der Waals surface area contributed by atoms with Crippen LogP contribution >= 0.6 is 24.0 Å². The van der Waals surface area contributed by atoms with Gasteiger partial charge in [0.15, 0.2) is 17.5 Å². The smallest absolute Gasteiger partial charge is 0.191 e. The van der Waals surface area contributed by atoms with E-state index >= 15 is 0 Å². The summed E-state index contributed by atoms with van der Waals surface area (Å²) in [6, 6.07) is 12.0. The van der Waals surface area contributed by atoms with Crippen LogP contribution in [0.1, 0.15) is 32.0 Å². The summed E-state index contributed by atoms with van der Waals surface area (Å²) >= 11 is 0. The van der Waals surface area contributed by atoms with E-state index in [-0.39, 0.29) is 24.0 Å². The maximum absolute atomic E-state index is 5.94. The Balaban J connectivity index is 0.00000512. The maximum atomic E-state index is 5.94. The van der Waals surface area contributed by atoms with E-state index < -0.39 is 0 Å². The molecule has 178 valence electrons. The van der Waals surface area contributed by atoms with Gasteiger partial charge in [-0.1, -0.05) is 26.0 Å². The molecule has 0 aliphatic heterocycles. The Kier molecular flexibility index (Phi) is 14.5. The van der Waals surface area contributed by atoms with Gasteiger partial charge in [0.1, 0.15) is 6.61 Å². The molecule has 0 fully saturated rings. The van der Waals surface area contributed by atoms with Crippen molar-refractivity contribution in [1.29, 1.82) is 0 Å². The van der Waals surface area contributed by atoms with Crippen molar-refractivity contribution >= 4 is 29.9 Å². The van der Waals surface area contributed by atoms with E-state index in [0.29, 0.717) is 13.2 Å². The van der Waals surface area contributed by atoms with Gasteiger partial charge in [0.25, 0.3) is 0 Å². The lowest BCUT2D eigenvalue weighted by Gasteiger charge is -2.19. The fraction of sp³-hybridized carbons (Fsp3) is 0.500. The minimum absolute atomic E-state index is 0. The van der Waals surface area contributed by atoms with Crippen molar-refractivity contribution in [2.75, 3.05) is 46.4 Å². The van der Waals surface area contributed by atoms with Gasteiger partial charge in [0.2, 0.25) is 0 Å². The first kappa shape index (κ1) is 28.0. The number of benzene rings is 1. The highest BCUT2D eigenvalue weighted by molar-refractivity contribution is 14.0. The predicted octanol–water partition coefficient (Wildman–Crippen LogP) is 3.73. The molecule has 0 bridgehead atoms. The number of hydrogen-bond acceptors (Lipinski definition) is 5. The number of ether oxygens (including phenoxy) is 2. The normalized spacial score (nSPS) is 11.1. The highest BCUT2D eigenvalue weighted by Crippen LogP contribution is 2.28. The number of rotatable bonds is 13. The number of likely N-dealkylation sites (N-methyl/N-ethyl adjacent to an activating group) is 1. The second kappa shape index (κ2) is 16.5. The van der Waals surface area contributed by atoms with Crippen LogP contribution in [0.15, 0.2) is 47.6 Å². The second-order valence-electron chi connectivity index (χ2n) is 7.05. The first-order valence-electron chi connectivity index (χ1n) is 11.1. The Labute approximate surface area is 210 Å². The molecule has 0 aliphatic carbocycles. The van der Waals surface area contributed by atoms with Crippen molar-refractivity contribution in [2.45, 2.75) is 33.7 Å². The van der Waals surface area contributed by atoms with E-state index in [1.165, 1.54) is 0 Å². The number of hydrogen-bond donors (Lipinski definition) is 2. The largest absolute Gasteiger partial charge is 0.493 e. The standard InChI is InChI=1S/C24H37N5O2.HI/c1-5-25-24(27-15-13-21-10-8-9-14-26-21)28-19-20-11-12-22(23(18-20)30-4)31-17-16-29(6-2)7-3;/h8-12,14,18H,5-7,13,15-17,19H2,1-4H3,(H2,25,27,28);1H. The van der Waals surface area contributed by atoms with Gasteiger partial charge in [-0.3, -0.25) is 4.98 Å². The van der Waals surface area contributed by atoms with Crippen LogP contribution in [-0.4, -0.2) is 62.3 Å². The number of aromatic nitrogens is 1. The number of aliphatic imine (C=N–C) groups is 1. The molecule has 0 radical (unpaired) electrons. The number of pyridine rings is 1. The third kappa shape index (κ3) is 10.0. The lowest BCUT2D eigenvalue weighted by molar-refractivity contribution is 0.217. The molecule has 2 N–H and O–H groups in total. The molecule has 32 heavy (non-hydrogen) atoms. The third-order valence-electron chi connectivity index (χ3n) is 4.95. The van der Waals surface area contributed by atoms with Crippen molar-refractivity contribution in [3.05, 3.63) is 53.9 Å². The molecular formula is C24H38IN5O2. The Morgan fingerprint density at radius 1 is 1.06 bits per heavy atom. The zero-order chi connectivity index (χ0) is 22.3.